The van der Waals surface area contributed by atoms with Crippen molar-refractivity contribution in [1.29, 1.82) is 0 Å². The van der Waals surface area contributed by atoms with Crippen molar-refractivity contribution in [1.82, 2.24) is 10.2 Å². The molecule has 19 heavy (non-hydrogen) atoms. The lowest BCUT2D eigenvalue weighted by atomic mass is 9.85. The van der Waals surface area contributed by atoms with Gasteiger partial charge in [-0.3, -0.25) is 0 Å². The number of carboxylic acids is 1. The van der Waals surface area contributed by atoms with Gasteiger partial charge in [-0.2, -0.15) is 0 Å². The highest BCUT2D eigenvalue weighted by Crippen LogP contribution is 2.27. The van der Waals surface area contributed by atoms with Gasteiger partial charge in [-0.05, 0) is 18.8 Å². The lowest BCUT2D eigenvalue weighted by molar-refractivity contribution is -0.139. The number of aliphatic carboxylic acids is 1. The Morgan fingerprint density at radius 1 is 1.37 bits per heavy atom. The van der Waals surface area contributed by atoms with Crippen LogP contribution in [0.3, 0.4) is 0 Å². The molecule has 0 heterocycles. The van der Waals surface area contributed by atoms with E-state index in [0.717, 1.165) is 19.3 Å². The van der Waals surface area contributed by atoms with Crippen LogP contribution in [0.4, 0.5) is 4.79 Å². The molecule has 0 spiro atoms. The summed E-state index contributed by atoms with van der Waals surface area (Å²) in [7, 11) is 1.71. The van der Waals surface area contributed by atoms with Crippen molar-refractivity contribution >= 4 is 12.0 Å². The van der Waals surface area contributed by atoms with Gasteiger partial charge in [-0.1, -0.05) is 19.8 Å². The molecule has 3 atom stereocenters. The fourth-order valence-corrected chi connectivity index (χ4v) is 2.66. The molecule has 1 aliphatic carbocycles. The molecule has 0 aliphatic heterocycles. The molecule has 6 nitrogen and oxygen atoms in total. The lowest BCUT2D eigenvalue weighted by Crippen LogP contribution is -2.52. The van der Waals surface area contributed by atoms with Gasteiger partial charge in [0.2, 0.25) is 0 Å². The fraction of sp³-hybridized carbons (Fsp3) is 0.846. The van der Waals surface area contributed by atoms with Crippen LogP contribution in [-0.2, 0) is 4.79 Å². The van der Waals surface area contributed by atoms with E-state index in [0.29, 0.717) is 5.92 Å². The van der Waals surface area contributed by atoms with E-state index in [9.17, 15) is 9.59 Å². The van der Waals surface area contributed by atoms with Crippen molar-refractivity contribution in [3.63, 3.8) is 0 Å². The van der Waals surface area contributed by atoms with Crippen LogP contribution in [0.2, 0.25) is 0 Å². The number of nitrogens with zero attached hydrogens (tertiary/aromatic N) is 1. The van der Waals surface area contributed by atoms with E-state index < -0.39 is 12.0 Å². The lowest BCUT2D eigenvalue weighted by Gasteiger charge is -2.36. The largest absolute Gasteiger partial charge is 0.480 e. The van der Waals surface area contributed by atoms with Crippen molar-refractivity contribution in [3.05, 3.63) is 0 Å². The molecule has 1 rings (SSSR count). The number of rotatable bonds is 5. The number of aliphatic hydroxyl groups is 1. The van der Waals surface area contributed by atoms with Gasteiger partial charge in [0.15, 0.2) is 0 Å². The summed E-state index contributed by atoms with van der Waals surface area (Å²) in [6, 6.07) is -1.24. The third-order valence-corrected chi connectivity index (χ3v) is 3.90. The summed E-state index contributed by atoms with van der Waals surface area (Å²) in [4.78, 5) is 24.6. The second-order valence-corrected chi connectivity index (χ2v) is 5.29. The Hall–Kier alpha value is -1.30. The second-order valence-electron chi connectivity index (χ2n) is 5.29. The van der Waals surface area contributed by atoms with Gasteiger partial charge in [0.25, 0.3) is 0 Å². The van der Waals surface area contributed by atoms with E-state index in [2.05, 4.69) is 12.2 Å². The van der Waals surface area contributed by atoms with Crippen molar-refractivity contribution < 1.29 is 19.8 Å². The third kappa shape index (κ3) is 4.38. The first-order chi connectivity index (χ1) is 8.97. The van der Waals surface area contributed by atoms with E-state index in [1.54, 1.807) is 11.9 Å². The summed E-state index contributed by atoms with van der Waals surface area (Å²) in [5.74, 6) is -0.682. The topological polar surface area (TPSA) is 89.9 Å². The van der Waals surface area contributed by atoms with Crippen LogP contribution in [-0.4, -0.2) is 52.9 Å². The Morgan fingerprint density at radius 3 is 2.53 bits per heavy atom. The minimum Gasteiger partial charge on any atom is -0.480 e. The third-order valence-electron chi connectivity index (χ3n) is 3.90. The van der Waals surface area contributed by atoms with Crippen molar-refractivity contribution in [2.24, 2.45) is 5.92 Å². The first kappa shape index (κ1) is 15.8. The molecule has 1 saturated carbocycles. The first-order valence-corrected chi connectivity index (χ1v) is 6.84. The molecule has 0 radical (unpaired) electrons. The summed E-state index contributed by atoms with van der Waals surface area (Å²) in [6.45, 7) is 1.86. The van der Waals surface area contributed by atoms with Crippen LogP contribution in [0, 0.1) is 5.92 Å². The number of hydrogen-bond acceptors (Lipinski definition) is 3. The van der Waals surface area contributed by atoms with E-state index in [-0.39, 0.29) is 25.1 Å². The summed E-state index contributed by atoms with van der Waals surface area (Å²) in [5, 5.41) is 20.2. The minimum absolute atomic E-state index is 0.0229. The molecule has 0 bridgehead atoms. The van der Waals surface area contributed by atoms with Gasteiger partial charge < -0.3 is 20.4 Å². The number of carboxylic acid groups (broad SMARTS) is 1. The van der Waals surface area contributed by atoms with Gasteiger partial charge in [0.05, 0.1) is 0 Å². The van der Waals surface area contributed by atoms with Crippen molar-refractivity contribution in [3.8, 4) is 0 Å². The monoisotopic (exact) mass is 272 g/mol. The molecule has 6 heteroatoms. The quantitative estimate of drug-likeness (QED) is 0.697. The molecule has 2 amide bonds. The molecule has 0 aromatic carbocycles. The van der Waals surface area contributed by atoms with Crippen molar-refractivity contribution in [2.45, 2.75) is 51.1 Å². The molecule has 110 valence electrons. The Morgan fingerprint density at radius 2 is 2.00 bits per heavy atom. The fourth-order valence-electron chi connectivity index (χ4n) is 2.66. The molecule has 3 N–H and O–H groups in total. The molecule has 0 aromatic rings. The average molecular weight is 272 g/mol. The maximum Gasteiger partial charge on any atom is 0.326 e. The maximum absolute atomic E-state index is 12.0. The number of nitrogens with one attached hydrogen (secondary N) is 1. The molecule has 0 aromatic heterocycles. The van der Waals surface area contributed by atoms with E-state index in [1.807, 2.05) is 0 Å². The second kappa shape index (κ2) is 7.33. The summed E-state index contributed by atoms with van der Waals surface area (Å²) in [6.07, 6.45) is 4.38. The summed E-state index contributed by atoms with van der Waals surface area (Å²) >= 11 is 0. The Bertz CT molecular complexity index is 322. The smallest absolute Gasteiger partial charge is 0.326 e. The molecule has 1 fully saturated rings. The number of carbonyl (C=O) groups is 2. The Labute approximate surface area is 113 Å². The van der Waals surface area contributed by atoms with Gasteiger partial charge in [-0.15, -0.1) is 0 Å². The summed E-state index contributed by atoms with van der Waals surface area (Å²) in [5.41, 5.74) is 0. The average Bonchev–Trinajstić information content (AvgIpc) is 2.37. The summed E-state index contributed by atoms with van der Waals surface area (Å²) < 4.78 is 0. The zero-order chi connectivity index (χ0) is 14.4. The van der Waals surface area contributed by atoms with Crippen LogP contribution in [0.15, 0.2) is 0 Å². The van der Waals surface area contributed by atoms with Crippen LogP contribution in [0.5, 0.6) is 0 Å². The van der Waals surface area contributed by atoms with Crippen LogP contribution in [0.25, 0.3) is 0 Å². The highest BCUT2D eigenvalue weighted by molar-refractivity contribution is 5.82. The van der Waals surface area contributed by atoms with Gasteiger partial charge in [0.1, 0.15) is 6.04 Å². The maximum atomic E-state index is 12.0. The van der Waals surface area contributed by atoms with Crippen LogP contribution >= 0.6 is 0 Å². The number of carbonyl (C=O) groups excluding carboxylic acids is 1. The predicted molar refractivity (Wildman–Crippen MR) is 70.8 cm³/mol. The molecular formula is C13H24N2O4. The van der Waals surface area contributed by atoms with E-state index >= 15 is 0 Å². The van der Waals surface area contributed by atoms with Crippen LogP contribution < -0.4 is 5.32 Å². The number of aliphatic hydroxyl groups excluding tert-OH is 1. The van der Waals surface area contributed by atoms with E-state index in [1.165, 1.54) is 6.42 Å². The minimum atomic E-state index is -1.12. The number of amides is 2. The zero-order valence-electron chi connectivity index (χ0n) is 11.6. The number of urea groups is 1. The predicted octanol–water partition coefficient (Wildman–Crippen LogP) is 1.04. The molecular weight excluding hydrogens is 248 g/mol. The molecule has 1 aliphatic rings. The van der Waals surface area contributed by atoms with Crippen molar-refractivity contribution in [2.75, 3.05) is 13.7 Å². The SMILES string of the molecule is CC1CCCCC1N(C)C(=O)N[C@H](CCO)C(=O)O. The Kier molecular flexibility index (Phi) is 6.08. The van der Waals surface area contributed by atoms with Crippen LogP contribution in [0.1, 0.15) is 39.0 Å². The van der Waals surface area contributed by atoms with Gasteiger partial charge >= 0.3 is 12.0 Å². The molecule has 2 unspecified atom stereocenters. The Balaban J connectivity index is 2.57. The highest BCUT2D eigenvalue weighted by Gasteiger charge is 2.29. The van der Waals surface area contributed by atoms with Gasteiger partial charge in [-0.25, -0.2) is 9.59 Å². The van der Waals surface area contributed by atoms with Gasteiger partial charge in [0, 0.05) is 26.1 Å². The number of hydrogen-bond donors (Lipinski definition) is 3. The van der Waals surface area contributed by atoms with E-state index in [4.69, 9.17) is 10.2 Å². The normalized spacial score (nSPS) is 24.6. The molecule has 0 saturated heterocycles. The standard InChI is InChI=1S/C13H24N2O4/c1-9-5-3-4-6-11(9)15(2)13(19)14-10(7-8-16)12(17)18/h9-11,16H,3-8H2,1-2H3,(H,14,19)(H,17,18)/t9?,10-,11?/m1/s1. The highest BCUT2D eigenvalue weighted by atomic mass is 16.4. The zero-order valence-corrected chi connectivity index (χ0v) is 11.6. The first-order valence-electron chi connectivity index (χ1n) is 6.84.